The number of benzene rings is 3. The summed E-state index contributed by atoms with van der Waals surface area (Å²) >= 11 is 0. The highest BCUT2D eigenvalue weighted by Crippen LogP contribution is 2.40. The third-order valence-electron chi connectivity index (χ3n) is 7.81. The average Bonchev–Trinajstić information content (AvgIpc) is 3.35. The van der Waals surface area contributed by atoms with Crippen LogP contribution in [0.1, 0.15) is 46.3 Å². The van der Waals surface area contributed by atoms with E-state index in [2.05, 4.69) is 46.6 Å². The van der Waals surface area contributed by atoms with Crippen molar-refractivity contribution in [1.29, 1.82) is 0 Å². The highest BCUT2D eigenvalue weighted by atomic mass is 16.5. The second-order valence-electron chi connectivity index (χ2n) is 9.89. The van der Waals surface area contributed by atoms with Gasteiger partial charge in [0.2, 0.25) is 5.91 Å². The molecule has 38 heavy (non-hydrogen) atoms. The van der Waals surface area contributed by atoms with Crippen molar-refractivity contribution in [3.63, 3.8) is 0 Å². The summed E-state index contributed by atoms with van der Waals surface area (Å²) in [4.78, 5) is 15.6. The SMILES string of the molecule is COc1ccc(C[C@H]2c3cc(OC)c(OC)cc3CCN2CC(=O)N[C@@H]2CCc3ccccc32)cc1OC. The van der Waals surface area contributed by atoms with Crippen LogP contribution in [0.25, 0.3) is 0 Å². The molecule has 5 rings (SSSR count). The summed E-state index contributed by atoms with van der Waals surface area (Å²) in [5, 5.41) is 3.30. The summed E-state index contributed by atoms with van der Waals surface area (Å²) in [6.07, 6.45) is 3.49. The van der Waals surface area contributed by atoms with Crippen LogP contribution in [0.2, 0.25) is 0 Å². The first-order chi connectivity index (χ1) is 18.5. The highest BCUT2D eigenvalue weighted by Gasteiger charge is 2.32. The van der Waals surface area contributed by atoms with E-state index in [-0.39, 0.29) is 18.0 Å². The maximum Gasteiger partial charge on any atom is 0.234 e. The second-order valence-corrected chi connectivity index (χ2v) is 9.89. The standard InChI is InChI=1S/C31H36N2O5/c1-35-27-12-9-20(16-28(27)36-2)15-26-24-18-30(38-4)29(37-3)17-22(24)13-14-33(26)19-31(34)32-25-11-10-21-7-5-6-8-23(21)25/h5-9,12,16-18,25-26H,10-11,13-15,19H2,1-4H3,(H,32,34)/t25-,26+/m1/s1. The van der Waals surface area contributed by atoms with E-state index in [1.807, 2.05) is 18.2 Å². The molecule has 3 aromatic carbocycles. The lowest BCUT2D eigenvalue weighted by Crippen LogP contribution is -2.44. The summed E-state index contributed by atoms with van der Waals surface area (Å²) in [5.41, 5.74) is 6.04. The molecule has 0 saturated carbocycles. The molecular formula is C31H36N2O5. The first kappa shape index (κ1) is 25.9. The van der Waals surface area contributed by atoms with Crippen LogP contribution in [0.5, 0.6) is 23.0 Å². The predicted octanol–water partition coefficient (Wildman–Crippen LogP) is 4.67. The van der Waals surface area contributed by atoms with E-state index in [1.165, 1.54) is 16.7 Å². The summed E-state index contributed by atoms with van der Waals surface area (Å²) in [6.45, 7) is 1.10. The molecule has 0 aromatic heterocycles. The van der Waals surface area contributed by atoms with Crippen LogP contribution in [0.4, 0.5) is 0 Å². The van der Waals surface area contributed by atoms with Gasteiger partial charge in [-0.2, -0.15) is 0 Å². The van der Waals surface area contributed by atoms with Gasteiger partial charge in [-0.1, -0.05) is 30.3 Å². The molecule has 0 bridgehead atoms. The van der Waals surface area contributed by atoms with Crippen molar-refractivity contribution in [2.45, 2.75) is 37.8 Å². The van der Waals surface area contributed by atoms with Gasteiger partial charge in [0.15, 0.2) is 23.0 Å². The molecule has 1 aliphatic heterocycles. The molecule has 1 N–H and O–H groups in total. The molecule has 1 amide bonds. The molecule has 2 atom stereocenters. The Bertz CT molecular complexity index is 1310. The third-order valence-corrected chi connectivity index (χ3v) is 7.81. The number of fused-ring (bicyclic) bond motifs is 2. The lowest BCUT2D eigenvalue weighted by Gasteiger charge is -2.38. The Morgan fingerprint density at radius 3 is 2.29 bits per heavy atom. The van der Waals surface area contributed by atoms with Crippen molar-refractivity contribution in [2.24, 2.45) is 0 Å². The van der Waals surface area contributed by atoms with Crippen molar-refractivity contribution >= 4 is 5.91 Å². The van der Waals surface area contributed by atoms with Gasteiger partial charge in [0.05, 0.1) is 41.0 Å². The molecule has 0 unspecified atom stereocenters. The van der Waals surface area contributed by atoms with Crippen LogP contribution in [0.3, 0.4) is 0 Å². The second kappa shape index (κ2) is 11.4. The van der Waals surface area contributed by atoms with Gasteiger partial charge in [-0.05, 0) is 77.8 Å². The van der Waals surface area contributed by atoms with E-state index in [9.17, 15) is 4.79 Å². The molecule has 200 valence electrons. The van der Waals surface area contributed by atoms with Crippen LogP contribution < -0.4 is 24.3 Å². The molecule has 0 fully saturated rings. The molecule has 1 aliphatic carbocycles. The van der Waals surface area contributed by atoms with Crippen molar-refractivity contribution in [2.75, 3.05) is 41.5 Å². The molecule has 2 aliphatic rings. The van der Waals surface area contributed by atoms with E-state index in [0.717, 1.165) is 42.7 Å². The van der Waals surface area contributed by atoms with Gasteiger partial charge < -0.3 is 24.3 Å². The smallest absolute Gasteiger partial charge is 0.234 e. The quantitative estimate of drug-likeness (QED) is 0.446. The third kappa shape index (κ3) is 5.16. The fourth-order valence-corrected chi connectivity index (χ4v) is 5.87. The van der Waals surface area contributed by atoms with Gasteiger partial charge in [-0.3, -0.25) is 9.69 Å². The monoisotopic (exact) mass is 516 g/mol. The number of carbonyl (C=O) groups excluding carboxylic acids is 1. The van der Waals surface area contributed by atoms with E-state index in [1.54, 1.807) is 28.4 Å². The highest BCUT2D eigenvalue weighted by molar-refractivity contribution is 5.79. The molecule has 1 heterocycles. The number of ether oxygens (including phenoxy) is 4. The molecule has 0 saturated heterocycles. The molecular weight excluding hydrogens is 480 g/mol. The number of hydrogen-bond acceptors (Lipinski definition) is 6. The number of nitrogens with zero attached hydrogens (tertiary/aromatic N) is 1. The van der Waals surface area contributed by atoms with Gasteiger partial charge in [0, 0.05) is 12.6 Å². The minimum atomic E-state index is -0.0155. The lowest BCUT2D eigenvalue weighted by atomic mass is 9.88. The Hall–Kier alpha value is -3.71. The fraction of sp³-hybridized carbons (Fsp3) is 0.387. The molecule has 3 aromatic rings. The average molecular weight is 517 g/mol. The van der Waals surface area contributed by atoms with E-state index in [4.69, 9.17) is 18.9 Å². The first-order valence-electron chi connectivity index (χ1n) is 13.1. The zero-order valence-electron chi connectivity index (χ0n) is 22.6. The first-order valence-corrected chi connectivity index (χ1v) is 13.1. The Morgan fingerprint density at radius 1 is 0.816 bits per heavy atom. The maximum absolute atomic E-state index is 13.4. The number of carbonyl (C=O) groups is 1. The Balaban J connectivity index is 1.42. The summed E-state index contributed by atoms with van der Waals surface area (Å²) in [5.74, 6) is 2.85. The minimum absolute atomic E-state index is 0.0155. The summed E-state index contributed by atoms with van der Waals surface area (Å²) in [7, 11) is 6.59. The minimum Gasteiger partial charge on any atom is -0.493 e. The zero-order valence-corrected chi connectivity index (χ0v) is 22.6. The van der Waals surface area contributed by atoms with Crippen molar-refractivity contribution in [3.05, 3.63) is 82.4 Å². The van der Waals surface area contributed by atoms with Gasteiger partial charge >= 0.3 is 0 Å². The molecule has 7 nitrogen and oxygen atoms in total. The van der Waals surface area contributed by atoms with E-state index in [0.29, 0.717) is 30.2 Å². The van der Waals surface area contributed by atoms with Crippen LogP contribution in [0.15, 0.2) is 54.6 Å². The summed E-state index contributed by atoms with van der Waals surface area (Å²) in [6, 6.07) is 18.6. The normalized spacial score (nSPS) is 18.3. The maximum atomic E-state index is 13.4. The Morgan fingerprint density at radius 2 is 1.53 bits per heavy atom. The van der Waals surface area contributed by atoms with Gasteiger partial charge in [-0.15, -0.1) is 0 Å². The number of nitrogens with one attached hydrogen (secondary N) is 1. The molecule has 0 radical (unpaired) electrons. The largest absolute Gasteiger partial charge is 0.493 e. The zero-order chi connectivity index (χ0) is 26.6. The molecule has 7 heteroatoms. The molecule has 0 spiro atoms. The van der Waals surface area contributed by atoms with Gasteiger partial charge in [-0.25, -0.2) is 0 Å². The van der Waals surface area contributed by atoms with Gasteiger partial charge in [0.1, 0.15) is 0 Å². The Labute approximate surface area is 224 Å². The topological polar surface area (TPSA) is 69.3 Å². The predicted molar refractivity (Wildman–Crippen MR) is 146 cm³/mol. The van der Waals surface area contributed by atoms with E-state index < -0.39 is 0 Å². The van der Waals surface area contributed by atoms with Crippen molar-refractivity contribution in [3.8, 4) is 23.0 Å². The van der Waals surface area contributed by atoms with Crippen LogP contribution >= 0.6 is 0 Å². The number of methoxy groups -OCH3 is 4. The Kier molecular flexibility index (Phi) is 7.74. The van der Waals surface area contributed by atoms with Crippen LogP contribution in [-0.2, 0) is 24.1 Å². The van der Waals surface area contributed by atoms with Crippen molar-refractivity contribution in [1.82, 2.24) is 10.2 Å². The van der Waals surface area contributed by atoms with Gasteiger partial charge in [0.25, 0.3) is 0 Å². The van der Waals surface area contributed by atoms with Crippen LogP contribution in [0, 0.1) is 0 Å². The lowest BCUT2D eigenvalue weighted by molar-refractivity contribution is -0.123. The summed E-state index contributed by atoms with van der Waals surface area (Å²) < 4.78 is 22.2. The number of hydrogen-bond donors (Lipinski definition) is 1. The number of aryl methyl sites for hydroxylation is 1. The van der Waals surface area contributed by atoms with Crippen LogP contribution in [-0.4, -0.2) is 52.3 Å². The fourth-order valence-electron chi connectivity index (χ4n) is 5.87. The number of amides is 1. The van der Waals surface area contributed by atoms with E-state index >= 15 is 0 Å². The van der Waals surface area contributed by atoms with Crippen molar-refractivity contribution < 1.29 is 23.7 Å². The number of rotatable bonds is 9.